The number of esters is 1. The molecule has 3 aromatic heterocycles. The number of carbonyl (C=O) groups is 1. The van der Waals surface area contributed by atoms with Crippen LogP contribution in [0.4, 0.5) is 0 Å². The van der Waals surface area contributed by atoms with Crippen molar-refractivity contribution in [1.82, 2.24) is 24.1 Å². The Hall–Kier alpha value is -3.42. The standard InChI is InChI=1S/C20H21N5O3/c1-13-14(2)23-25-11-15(10-21-19(13)25)6-5-9-28-18(26)12-24-17-8-4-3-7-16(17)22-20(24)27/h3-4,7-8,10-11H,5-6,9,12H2,1-2H3,(H,22,27). The first-order valence-electron chi connectivity index (χ1n) is 9.16. The minimum Gasteiger partial charge on any atom is -0.464 e. The van der Waals surface area contributed by atoms with E-state index < -0.39 is 5.97 Å². The van der Waals surface area contributed by atoms with Gasteiger partial charge in [0, 0.05) is 18.0 Å². The maximum atomic E-state index is 12.1. The Morgan fingerprint density at radius 1 is 1.25 bits per heavy atom. The summed E-state index contributed by atoms with van der Waals surface area (Å²) in [6.07, 6.45) is 5.18. The summed E-state index contributed by atoms with van der Waals surface area (Å²) in [4.78, 5) is 31.3. The van der Waals surface area contributed by atoms with Crippen molar-refractivity contribution in [3.63, 3.8) is 0 Å². The van der Waals surface area contributed by atoms with Crippen LogP contribution >= 0.6 is 0 Å². The fourth-order valence-corrected chi connectivity index (χ4v) is 3.23. The molecule has 0 bridgehead atoms. The molecule has 0 saturated carbocycles. The molecule has 0 saturated heterocycles. The van der Waals surface area contributed by atoms with Gasteiger partial charge in [0.25, 0.3) is 0 Å². The molecular formula is C20H21N5O3. The van der Waals surface area contributed by atoms with Crippen LogP contribution in [-0.4, -0.2) is 36.7 Å². The Morgan fingerprint density at radius 3 is 2.93 bits per heavy atom. The van der Waals surface area contributed by atoms with Gasteiger partial charge in [-0.05, 0) is 44.4 Å². The number of aryl methyl sites for hydroxylation is 3. The predicted octanol–water partition coefficient (Wildman–Crippen LogP) is 2.17. The monoisotopic (exact) mass is 379 g/mol. The number of hydrogen-bond acceptors (Lipinski definition) is 5. The number of carbonyl (C=O) groups excluding carboxylic acids is 1. The van der Waals surface area contributed by atoms with E-state index in [0.29, 0.717) is 17.5 Å². The van der Waals surface area contributed by atoms with Crippen LogP contribution in [0.3, 0.4) is 0 Å². The number of para-hydroxylation sites is 2. The first kappa shape index (κ1) is 18.0. The van der Waals surface area contributed by atoms with Crippen LogP contribution in [0.2, 0.25) is 0 Å². The van der Waals surface area contributed by atoms with Crippen LogP contribution in [0.25, 0.3) is 16.7 Å². The second kappa shape index (κ2) is 7.30. The molecule has 28 heavy (non-hydrogen) atoms. The van der Waals surface area contributed by atoms with Gasteiger partial charge in [0.15, 0.2) is 5.65 Å². The zero-order valence-corrected chi connectivity index (χ0v) is 15.8. The third kappa shape index (κ3) is 3.40. The quantitative estimate of drug-likeness (QED) is 0.409. The number of imidazole rings is 1. The molecule has 1 N–H and O–H groups in total. The summed E-state index contributed by atoms with van der Waals surface area (Å²) in [5.74, 6) is -0.432. The number of ether oxygens (including phenoxy) is 1. The van der Waals surface area contributed by atoms with Gasteiger partial charge in [-0.2, -0.15) is 5.10 Å². The second-order valence-electron chi connectivity index (χ2n) is 6.80. The number of nitrogens with zero attached hydrogens (tertiary/aromatic N) is 4. The summed E-state index contributed by atoms with van der Waals surface area (Å²) < 4.78 is 8.47. The van der Waals surface area contributed by atoms with Gasteiger partial charge in [-0.3, -0.25) is 9.36 Å². The highest BCUT2D eigenvalue weighted by Crippen LogP contribution is 2.13. The lowest BCUT2D eigenvalue weighted by atomic mass is 10.2. The third-order valence-electron chi connectivity index (χ3n) is 4.84. The summed E-state index contributed by atoms with van der Waals surface area (Å²) in [6.45, 7) is 4.14. The van der Waals surface area contributed by atoms with Gasteiger partial charge in [0.05, 0.1) is 23.3 Å². The summed E-state index contributed by atoms with van der Waals surface area (Å²) in [5.41, 5.74) is 5.00. The fraction of sp³-hybridized carbons (Fsp3) is 0.300. The van der Waals surface area contributed by atoms with Gasteiger partial charge in [0.1, 0.15) is 6.54 Å². The van der Waals surface area contributed by atoms with Crippen molar-refractivity contribution in [2.45, 2.75) is 33.2 Å². The van der Waals surface area contributed by atoms with Crippen LogP contribution < -0.4 is 5.69 Å². The van der Waals surface area contributed by atoms with Crippen molar-refractivity contribution in [2.75, 3.05) is 6.61 Å². The Morgan fingerprint density at radius 2 is 2.07 bits per heavy atom. The van der Waals surface area contributed by atoms with Crippen molar-refractivity contribution in [2.24, 2.45) is 0 Å². The van der Waals surface area contributed by atoms with Crippen molar-refractivity contribution in [1.29, 1.82) is 0 Å². The topological polar surface area (TPSA) is 94.3 Å². The summed E-state index contributed by atoms with van der Waals surface area (Å²) in [7, 11) is 0. The molecule has 0 spiro atoms. The Labute approximate surface area is 160 Å². The summed E-state index contributed by atoms with van der Waals surface area (Å²) >= 11 is 0. The molecule has 0 atom stereocenters. The van der Waals surface area contributed by atoms with Crippen LogP contribution in [0, 0.1) is 13.8 Å². The minimum atomic E-state index is -0.432. The highest BCUT2D eigenvalue weighted by atomic mass is 16.5. The molecule has 3 heterocycles. The molecule has 0 unspecified atom stereocenters. The van der Waals surface area contributed by atoms with Crippen LogP contribution in [0.1, 0.15) is 23.2 Å². The van der Waals surface area contributed by atoms with Crippen molar-refractivity contribution in [3.8, 4) is 0 Å². The van der Waals surface area contributed by atoms with Crippen LogP contribution in [0.5, 0.6) is 0 Å². The maximum absolute atomic E-state index is 12.1. The maximum Gasteiger partial charge on any atom is 0.327 e. The van der Waals surface area contributed by atoms with E-state index in [4.69, 9.17) is 4.74 Å². The van der Waals surface area contributed by atoms with Gasteiger partial charge in [-0.1, -0.05) is 12.1 Å². The lowest BCUT2D eigenvalue weighted by Gasteiger charge is -2.06. The molecule has 0 aliphatic carbocycles. The molecule has 144 valence electrons. The summed E-state index contributed by atoms with van der Waals surface area (Å²) in [6, 6.07) is 7.25. The number of hydrogen-bond donors (Lipinski definition) is 1. The minimum absolute atomic E-state index is 0.109. The van der Waals surface area contributed by atoms with Crippen LogP contribution in [0.15, 0.2) is 41.5 Å². The zero-order valence-electron chi connectivity index (χ0n) is 15.8. The molecule has 4 rings (SSSR count). The molecule has 0 aliphatic rings. The number of rotatable bonds is 6. The average molecular weight is 379 g/mol. The van der Waals surface area contributed by atoms with E-state index in [0.717, 1.165) is 28.9 Å². The molecule has 0 radical (unpaired) electrons. The smallest absolute Gasteiger partial charge is 0.327 e. The number of aromatic nitrogens is 5. The molecule has 4 aromatic rings. The largest absolute Gasteiger partial charge is 0.464 e. The van der Waals surface area contributed by atoms with Gasteiger partial charge in [0.2, 0.25) is 0 Å². The lowest BCUT2D eigenvalue weighted by molar-refractivity contribution is -0.144. The van der Waals surface area contributed by atoms with E-state index >= 15 is 0 Å². The van der Waals surface area contributed by atoms with Gasteiger partial charge < -0.3 is 9.72 Å². The van der Waals surface area contributed by atoms with Gasteiger partial charge >= 0.3 is 11.7 Å². The van der Waals surface area contributed by atoms with E-state index in [-0.39, 0.29) is 18.8 Å². The molecule has 0 fully saturated rings. The number of H-pyrrole nitrogens is 1. The number of nitrogens with one attached hydrogen (secondary N) is 1. The second-order valence-corrected chi connectivity index (χ2v) is 6.80. The molecule has 8 heteroatoms. The van der Waals surface area contributed by atoms with E-state index in [1.54, 1.807) is 16.6 Å². The Bertz CT molecular complexity index is 1220. The van der Waals surface area contributed by atoms with E-state index in [9.17, 15) is 9.59 Å². The third-order valence-corrected chi connectivity index (χ3v) is 4.84. The van der Waals surface area contributed by atoms with E-state index in [1.165, 1.54) is 4.57 Å². The molecular weight excluding hydrogens is 358 g/mol. The Kier molecular flexibility index (Phi) is 4.68. The number of fused-ring (bicyclic) bond motifs is 2. The van der Waals surface area contributed by atoms with Crippen LogP contribution in [-0.2, 0) is 22.5 Å². The number of aromatic amines is 1. The highest BCUT2D eigenvalue weighted by molar-refractivity contribution is 5.78. The molecule has 8 nitrogen and oxygen atoms in total. The van der Waals surface area contributed by atoms with Crippen molar-refractivity contribution in [3.05, 3.63) is 64.0 Å². The molecule has 1 aromatic carbocycles. The number of benzene rings is 1. The van der Waals surface area contributed by atoms with E-state index in [1.807, 2.05) is 38.4 Å². The zero-order chi connectivity index (χ0) is 19.7. The van der Waals surface area contributed by atoms with Crippen molar-refractivity contribution >= 4 is 22.6 Å². The van der Waals surface area contributed by atoms with Gasteiger partial charge in [-0.25, -0.2) is 14.3 Å². The first-order valence-corrected chi connectivity index (χ1v) is 9.16. The summed E-state index contributed by atoms with van der Waals surface area (Å²) in [5, 5.41) is 4.44. The van der Waals surface area contributed by atoms with Gasteiger partial charge in [-0.15, -0.1) is 0 Å². The Balaban J connectivity index is 1.32. The van der Waals surface area contributed by atoms with E-state index in [2.05, 4.69) is 15.1 Å². The predicted molar refractivity (Wildman–Crippen MR) is 104 cm³/mol. The highest BCUT2D eigenvalue weighted by Gasteiger charge is 2.11. The SMILES string of the molecule is Cc1nn2cc(CCCOC(=O)Cn3c(=O)[nH]c4ccccc43)cnc2c1C. The fourth-order valence-electron chi connectivity index (χ4n) is 3.23. The lowest BCUT2D eigenvalue weighted by Crippen LogP contribution is -2.23. The normalized spacial score (nSPS) is 11.4. The van der Waals surface area contributed by atoms with Crippen molar-refractivity contribution < 1.29 is 9.53 Å². The average Bonchev–Trinajstić information content (AvgIpc) is 3.15. The molecule has 0 amide bonds. The first-order chi connectivity index (χ1) is 13.5. The molecule has 0 aliphatic heterocycles.